The number of hydrogen-bond donors (Lipinski definition) is 1. The van der Waals surface area contributed by atoms with Crippen molar-refractivity contribution in [3.63, 3.8) is 0 Å². The van der Waals surface area contributed by atoms with Crippen molar-refractivity contribution in [2.75, 3.05) is 12.8 Å². The van der Waals surface area contributed by atoms with Crippen LogP contribution in [0.1, 0.15) is 23.5 Å². The quantitative estimate of drug-likeness (QED) is 0.889. The topological polar surface area (TPSA) is 46.2 Å². The van der Waals surface area contributed by atoms with Crippen molar-refractivity contribution in [2.24, 2.45) is 0 Å². The third kappa shape index (κ3) is 4.47. The van der Waals surface area contributed by atoms with Crippen LogP contribution in [-0.4, -0.2) is 21.2 Å². The van der Waals surface area contributed by atoms with Crippen molar-refractivity contribution in [3.05, 3.63) is 71.8 Å². The molecular formula is C16H19NO2S. The molecule has 0 saturated carbocycles. The molecule has 0 aliphatic carbocycles. The smallest absolute Gasteiger partial charge is 0.208 e. The molecule has 0 radical (unpaired) electrons. The average Bonchev–Trinajstić information content (AvgIpc) is 2.44. The molecule has 0 aliphatic rings. The molecule has 0 amide bonds. The number of hydrogen-bond acceptors (Lipinski definition) is 2. The van der Waals surface area contributed by atoms with E-state index in [-0.39, 0.29) is 5.92 Å². The summed E-state index contributed by atoms with van der Waals surface area (Å²) >= 11 is 0. The molecule has 106 valence electrons. The molecule has 3 nitrogen and oxygen atoms in total. The molecule has 0 saturated heterocycles. The zero-order chi connectivity index (χ0) is 14.4. The lowest BCUT2D eigenvalue weighted by Crippen LogP contribution is -2.24. The highest BCUT2D eigenvalue weighted by molar-refractivity contribution is 7.88. The van der Waals surface area contributed by atoms with Gasteiger partial charge in [0.25, 0.3) is 0 Å². The van der Waals surface area contributed by atoms with Crippen molar-refractivity contribution < 1.29 is 8.42 Å². The molecule has 0 bridgehead atoms. The van der Waals surface area contributed by atoms with Crippen molar-refractivity contribution in [2.45, 2.75) is 12.3 Å². The van der Waals surface area contributed by atoms with Crippen molar-refractivity contribution in [1.82, 2.24) is 4.72 Å². The van der Waals surface area contributed by atoms with Crippen molar-refractivity contribution in [3.8, 4) is 0 Å². The highest BCUT2D eigenvalue weighted by atomic mass is 32.2. The van der Waals surface area contributed by atoms with E-state index in [9.17, 15) is 8.42 Å². The van der Waals surface area contributed by atoms with Gasteiger partial charge in [0.1, 0.15) is 0 Å². The first-order chi connectivity index (χ1) is 9.56. The average molecular weight is 289 g/mol. The first-order valence-electron chi connectivity index (χ1n) is 6.61. The van der Waals surface area contributed by atoms with Gasteiger partial charge in [-0.2, -0.15) is 0 Å². The first-order valence-corrected chi connectivity index (χ1v) is 8.50. The summed E-state index contributed by atoms with van der Waals surface area (Å²) in [4.78, 5) is 0. The highest BCUT2D eigenvalue weighted by Crippen LogP contribution is 2.27. The van der Waals surface area contributed by atoms with E-state index in [0.717, 1.165) is 6.42 Å². The Morgan fingerprint density at radius 3 is 1.75 bits per heavy atom. The second kappa shape index (κ2) is 6.68. The van der Waals surface area contributed by atoms with Crippen molar-refractivity contribution >= 4 is 10.0 Å². The monoisotopic (exact) mass is 289 g/mol. The van der Waals surface area contributed by atoms with Gasteiger partial charge in [0.05, 0.1) is 6.26 Å². The maximum Gasteiger partial charge on any atom is 0.208 e. The molecule has 0 heterocycles. The van der Waals surface area contributed by atoms with E-state index in [1.807, 2.05) is 36.4 Å². The summed E-state index contributed by atoms with van der Waals surface area (Å²) in [5.41, 5.74) is 2.41. The standard InChI is InChI=1S/C16H19NO2S/c1-20(18,19)17-13-12-16(14-8-4-2-5-9-14)15-10-6-3-7-11-15/h2-11,16-17H,12-13H2,1H3. The lowest BCUT2D eigenvalue weighted by atomic mass is 9.89. The zero-order valence-electron chi connectivity index (χ0n) is 11.5. The van der Waals surface area contributed by atoms with Gasteiger partial charge in [0, 0.05) is 12.5 Å². The molecule has 0 unspecified atom stereocenters. The fourth-order valence-corrected chi connectivity index (χ4v) is 2.77. The minimum atomic E-state index is -3.13. The van der Waals surface area contributed by atoms with Crippen LogP contribution in [0.3, 0.4) is 0 Å². The Kier molecular flexibility index (Phi) is 4.93. The van der Waals surface area contributed by atoms with Gasteiger partial charge < -0.3 is 0 Å². The van der Waals surface area contributed by atoms with Crippen LogP contribution in [0.2, 0.25) is 0 Å². The maximum atomic E-state index is 11.2. The third-order valence-electron chi connectivity index (χ3n) is 3.20. The van der Waals surface area contributed by atoms with Gasteiger partial charge in [-0.05, 0) is 17.5 Å². The van der Waals surface area contributed by atoms with Gasteiger partial charge in [0.15, 0.2) is 0 Å². The van der Waals surface area contributed by atoms with E-state index < -0.39 is 10.0 Å². The Labute approximate surface area is 120 Å². The van der Waals surface area contributed by atoms with Crippen LogP contribution in [0.4, 0.5) is 0 Å². The highest BCUT2D eigenvalue weighted by Gasteiger charge is 2.14. The van der Waals surface area contributed by atoms with Crippen LogP contribution in [0, 0.1) is 0 Å². The van der Waals surface area contributed by atoms with Crippen LogP contribution in [0.5, 0.6) is 0 Å². The van der Waals surface area contributed by atoms with Crippen molar-refractivity contribution in [1.29, 1.82) is 0 Å². The minimum absolute atomic E-state index is 0.201. The second-order valence-corrected chi connectivity index (χ2v) is 6.66. The Morgan fingerprint density at radius 1 is 0.900 bits per heavy atom. The molecule has 0 fully saturated rings. The normalized spacial score (nSPS) is 11.7. The number of rotatable bonds is 6. The van der Waals surface area contributed by atoms with E-state index in [4.69, 9.17) is 0 Å². The van der Waals surface area contributed by atoms with Crippen LogP contribution < -0.4 is 4.72 Å². The fourth-order valence-electron chi connectivity index (χ4n) is 2.29. The summed E-state index contributed by atoms with van der Waals surface area (Å²) in [5, 5.41) is 0. The molecular weight excluding hydrogens is 270 g/mol. The summed E-state index contributed by atoms with van der Waals surface area (Å²) in [6, 6.07) is 20.3. The lowest BCUT2D eigenvalue weighted by Gasteiger charge is -2.18. The number of benzene rings is 2. The lowest BCUT2D eigenvalue weighted by molar-refractivity contribution is 0.581. The summed E-state index contributed by atoms with van der Waals surface area (Å²) in [5.74, 6) is 0.201. The molecule has 2 aromatic carbocycles. The van der Waals surface area contributed by atoms with E-state index in [0.29, 0.717) is 6.54 Å². The first kappa shape index (κ1) is 14.8. The summed E-state index contributed by atoms with van der Waals surface area (Å²) in [7, 11) is -3.13. The van der Waals surface area contributed by atoms with E-state index in [1.165, 1.54) is 17.4 Å². The minimum Gasteiger partial charge on any atom is -0.215 e. The fraction of sp³-hybridized carbons (Fsp3) is 0.250. The van der Waals surface area contributed by atoms with Crippen LogP contribution in [0.15, 0.2) is 60.7 Å². The van der Waals surface area contributed by atoms with Crippen LogP contribution in [0.25, 0.3) is 0 Å². The Hall–Kier alpha value is -1.65. The third-order valence-corrected chi connectivity index (χ3v) is 3.93. The Balaban J connectivity index is 2.17. The molecule has 20 heavy (non-hydrogen) atoms. The zero-order valence-corrected chi connectivity index (χ0v) is 12.3. The Morgan fingerprint density at radius 2 is 1.35 bits per heavy atom. The van der Waals surface area contributed by atoms with E-state index >= 15 is 0 Å². The maximum absolute atomic E-state index is 11.2. The molecule has 2 rings (SSSR count). The Bertz CT molecular complexity index is 585. The SMILES string of the molecule is CS(=O)(=O)NCCC(c1ccccc1)c1ccccc1. The molecule has 0 spiro atoms. The van der Waals surface area contributed by atoms with Crippen LogP contribution in [-0.2, 0) is 10.0 Å². The summed E-state index contributed by atoms with van der Waals surface area (Å²) in [6.45, 7) is 0.438. The van der Waals surface area contributed by atoms with E-state index in [1.54, 1.807) is 0 Å². The van der Waals surface area contributed by atoms with Gasteiger partial charge >= 0.3 is 0 Å². The van der Waals surface area contributed by atoms with Crippen LogP contribution >= 0.6 is 0 Å². The largest absolute Gasteiger partial charge is 0.215 e. The van der Waals surface area contributed by atoms with Gasteiger partial charge in [-0.3, -0.25) is 0 Å². The second-order valence-electron chi connectivity index (χ2n) is 4.83. The van der Waals surface area contributed by atoms with Gasteiger partial charge in [0.2, 0.25) is 10.0 Å². The molecule has 0 aromatic heterocycles. The molecule has 2 aromatic rings. The van der Waals surface area contributed by atoms with Gasteiger partial charge in [-0.15, -0.1) is 0 Å². The molecule has 0 aliphatic heterocycles. The number of nitrogens with one attached hydrogen (secondary N) is 1. The summed E-state index contributed by atoms with van der Waals surface area (Å²) < 4.78 is 24.9. The number of sulfonamides is 1. The predicted molar refractivity (Wildman–Crippen MR) is 82.2 cm³/mol. The predicted octanol–water partition coefficient (Wildman–Crippen LogP) is 2.76. The van der Waals surface area contributed by atoms with E-state index in [2.05, 4.69) is 29.0 Å². The molecule has 1 N–H and O–H groups in total. The molecule has 0 atom stereocenters. The molecule has 4 heteroatoms. The van der Waals surface area contributed by atoms with Gasteiger partial charge in [-0.25, -0.2) is 13.1 Å². The summed E-state index contributed by atoms with van der Waals surface area (Å²) in [6.07, 6.45) is 1.92. The van der Waals surface area contributed by atoms with Gasteiger partial charge in [-0.1, -0.05) is 60.7 Å².